The monoisotopic (exact) mass is 370 g/mol. The number of halogens is 1. The molecule has 3 rings (SSSR count). The van der Waals surface area contributed by atoms with Crippen molar-refractivity contribution in [2.24, 2.45) is 5.92 Å². The molecule has 0 aromatic heterocycles. The first-order valence-corrected chi connectivity index (χ1v) is 10.0. The maximum atomic E-state index is 13.0. The zero-order valence-electron chi connectivity index (χ0n) is 13.3. The predicted molar refractivity (Wildman–Crippen MR) is 90.0 cm³/mol. The first-order valence-electron chi connectivity index (χ1n) is 8.92. The third-order valence-electron chi connectivity index (χ3n) is 5.60. The highest BCUT2D eigenvalue weighted by atomic mass is 79.9. The number of alkyl halides is 1. The molecule has 3 amide bonds. The molecule has 0 aromatic rings. The minimum Gasteiger partial charge on any atom is -0.320 e. The molecule has 3 aliphatic rings. The van der Waals surface area contributed by atoms with Crippen molar-refractivity contribution >= 4 is 27.9 Å². The Bertz CT molecular complexity index is 417. The molecule has 1 saturated heterocycles. The second kappa shape index (κ2) is 7.33. The molecule has 3 fully saturated rings. The smallest absolute Gasteiger partial charge is 0.320 e. The molecule has 1 heterocycles. The van der Waals surface area contributed by atoms with Gasteiger partial charge in [-0.1, -0.05) is 54.5 Å². The summed E-state index contributed by atoms with van der Waals surface area (Å²) in [5.41, 5.74) is 0. The van der Waals surface area contributed by atoms with Crippen molar-refractivity contribution in [1.82, 2.24) is 9.80 Å². The fourth-order valence-electron chi connectivity index (χ4n) is 4.31. The van der Waals surface area contributed by atoms with Crippen LogP contribution in [0.2, 0.25) is 0 Å². The van der Waals surface area contributed by atoms with Crippen molar-refractivity contribution in [3.63, 3.8) is 0 Å². The second-order valence-corrected chi connectivity index (χ2v) is 7.73. The van der Waals surface area contributed by atoms with Crippen molar-refractivity contribution < 1.29 is 9.59 Å². The highest BCUT2D eigenvalue weighted by Crippen LogP contribution is 2.32. The molecule has 4 nitrogen and oxygen atoms in total. The van der Waals surface area contributed by atoms with Crippen LogP contribution in [0.1, 0.15) is 64.2 Å². The minimum atomic E-state index is -0.0680. The van der Waals surface area contributed by atoms with E-state index in [2.05, 4.69) is 15.9 Å². The number of rotatable bonds is 3. The first-order chi connectivity index (χ1) is 10.7. The van der Waals surface area contributed by atoms with Crippen LogP contribution in [0.15, 0.2) is 0 Å². The number of carbonyl (C=O) groups excluding carboxylic acids is 2. The van der Waals surface area contributed by atoms with Gasteiger partial charge in [0.25, 0.3) is 0 Å². The van der Waals surface area contributed by atoms with Crippen molar-refractivity contribution in [3.8, 4) is 0 Å². The molecule has 0 bridgehead atoms. The molecule has 0 aromatic carbocycles. The third-order valence-corrected chi connectivity index (χ3v) is 6.38. The van der Waals surface area contributed by atoms with E-state index in [0.29, 0.717) is 17.9 Å². The van der Waals surface area contributed by atoms with E-state index >= 15 is 0 Å². The quantitative estimate of drug-likeness (QED) is 0.706. The Morgan fingerprint density at radius 1 is 0.864 bits per heavy atom. The van der Waals surface area contributed by atoms with Gasteiger partial charge >= 0.3 is 6.03 Å². The molecule has 1 aliphatic heterocycles. The molecular formula is C17H27BrN2O2. The van der Waals surface area contributed by atoms with Gasteiger partial charge in [0.2, 0.25) is 5.91 Å². The summed E-state index contributed by atoms with van der Waals surface area (Å²) in [7, 11) is 0. The zero-order valence-corrected chi connectivity index (χ0v) is 14.9. The number of hydrogen-bond acceptors (Lipinski definition) is 2. The van der Waals surface area contributed by atoms with Crippen molar-refractivity contribution in [2.75, 3.05) is 11.9 Å². The van der Waals surface area contributed by atoms with E-state index in [9.17, 15) is 9.59 Å². The van der Waals surface area contributed by atoms with Gasteiger partial charge in [-0.3, -0.25) is 9.69 Å². The number of urea groups is 1. The number of carbonyl (C=O) groups is 2. The average Bonchev–Trinajstić information content (AvgIpc) is 2.57. The van der Waals surface area contributed by atoms with Crippen LogP contribution < -0.4 is 0 Å². The van der Waals surface area contributed by atoms with Crippen LogP contribution in [-0.2, 0) is 4.79 Å². The standard InChI is InChI=1S/C17H27BrN2O2/c18-11-13-12-19(14-7-3-1-4-8-14)17(22)20(16(13)21)15-9-5-2-6-10-15/h13-15H,1-12H2. The summed E-state index contributed by atoms with van der Waals surface area (Å²) in [5, 5.41) is 0.658. The summed E-state index contributed by atoms with van der Waals surface area (Å²) in [6.07, 6.45) is 11.4. The molecule has 124 valence electrons. The lowest BCUT2D eigenvalue weighted by Gasteiger charge is -2.46. The number of imide groups is 1. The van der Waals surface area contributed by atoms with Crippen LogP contribution >= 0.6 is 15.9 Å². The number of nitrogens with zero attached hydrogens (tertiary/aromatic N) is 2. The normalized spacial score (nSPS) is 29.2. The Labute approximate surface area is 141 Å². The van der Waals surface area contributed by atoms with Gasteiger partial charge in [-0.15, -0.1) is 0 Å². The van der Waals surface area contributed by atoms with Gasteiger partial charge in [0.05, 0.1) is 5.92 Å². The highest BCUT2D eigenvalue weighted by Gasteiger charge is 2.44. The summed E-state index contributed by atoms with van der Waals surface area (Å²) >= 11 is 3.49. The second-order valence-electron chi connectivity index (χ2n) is 7.08. The van der Waals surface area contributed by atoms with Crippen LogP contribution in [-0.4, -0.2) is 45.7 Å². The van der Waals surface area contributed by atoms with Gasteiger partial charge in [0.15, 0.2) is 0 Å². The van der Waals surface area contributed by atoms with E-state index in [1.165, 1.54) is 25.7 Å². The van der Waals surface area contributed by atoms with Crippen LogP contribution in [0.25, 0.3) is 0 Å². The third kappa shape index (κ3) is 3.19. The van der Waals surface area contributed by atoms with Gasteiger partial charge < -0.3 is 4.90 Å². The summed E-state index contributed by atoms with van der Waals surface area (Å²) in [6, 6.07) is 0.490. The molecule has 22 heavy (non-hydrogen) atoms. The SMILES string of the molecule is O=C1C(CBr)CN(C2CCCCC2)C(=O)N1C1CCCCC1. The molecule has 5 heteroatoms. The molecule has 1 atom stereocenters. The minimum absolute atomic E-state index is 0.000926. The molecule has 0 spiro atoms. The van der Waals surface area contributed by atoms with Gasteiger partial charge in [0, 0.05) is 24.0 Å². The van der Waals surface area contributed by atoms with E-state index in [0.717, 1.165) is 38.5 Å². The Hall–Kier alpha value is -0.580. The van der Waals surface area contributed by atoms with Gasteiger partial charge in [-0.05, 0) is 25.7 Å². The molecule has 2 aliphatic carbocycles. The zero-order chi connectivity index (χ0) is 15.5. The predicted octanol–water partition coefficient (Wildman–Crippen LogP) is 3.93. The number of amides is 3. The van der Waals surface area contributed by atoms with E-state index in [4.69, 9.17) is 0 Å². The first kappa shape index (κ1) is 16.3. The van der Waals surface area contributed by atoms with Crippen LogP contribution in [0.4, 0.5) is 4.79 Å². The van der Waals surface area contributed by atoms with E-state index in [1.807, 2.05) is 4.90 Å². The van der Waals surface area contributed by atoms with Crippen molar-refractivity contribution in [1.29, 1.82) is 0 Å². The lowest BCUT2D eigenvalue weighted by atomic mass is 9.90. The fourth-order valence-corrected chi connectivity index (χ4v) is 4.79. The topological polar surface area (TPSA) is 40.6 Å². The van der Waals surface area contributed by atoms with E-state index in [1.54, 1.807) is 4.90 Å². The average molecular weight is 371 g/mol. The fraction of sp³-hybridized carbons (Fsp3) is 0.882. The summed E-state index contributed by atoms with van der Waals surface area (Å²) in [6.45, 7) is 0.608. The van der Waals surface area contributed by atoms with Crippen LogP contribution in [0.3, 0.4) is 0 Å². The van der Waals surface area contributed by atoms with E-state index in [-0.39, 0.29) is 23.9 Å². The maximum absolute atomic E-state index is 13.0. The summed E-state index contributed by atoms with van der Waals surface area (Å²) in [5.74, 6) is -0.0117. The van der Waals surface area contributed by atoms with Gasteiger partial charge in [0.1, 0.15) is 0 Å². The largest absolute Gasteiger partial charge is 0.327 e. The van der Waals surface area contributed by atoms with Crippen LogP contribution in [0, 0.1) is 5.92 Å². The summed E-state index contributed by atoms with van der Waals surface area (Å²) < 4.78 is 0. The van der Waals surface area contributed by atoms with Crippen molar-refractivity contribution in [3.05, 3.63) is 0 Å². The Kier molecular flexibility index (Phi) is 5.42. The molecule has 0 N–H and O–H groups in total. The lowest BCUT2D eigenvalue weighted by Crippen LogP contribution is -2.62. The van der Waals surface area contributed by atoms with Crippen LogP contribution in [0.5, 0.6) is 0 Å². The molecular weight excluding hydrogens is 344 g/mol. The molecule has 0 radical (unpaired) electrons. The van der Waals surface area contributed by atoms with E-state index < -0.39 is 0 Å². The summed E-state index contributed by atoms with van der Waals surface area (Å²) in [4.78, 5) is 29.4. The molecule has 2 saturated carbocycles. The Morgan fingerprint density at radius 2 is 1.41 bits per heavy atom. The molecule has 1 unspecified atom stereocenters. The van der Waals surface area contributed by atoms with Gasteiger partial charge in [-0.25, -0.2) is 4.79 Å². The maximum Gasteiger partial charge on any atom is 0.327 e. The number of hydrogen-bond donors (Lipinski definition) is 0. The van der Waals surface area contributed by atoms with Gasteiger partial charge in [-0.2, -0.15) is 0 Å². The van der Waals surface area contributed by atoms with Crippen molar-refractivity contribution in [2.45, 2.75) is 76.3 Å². The Balaban J connectivity index is 1.79. The Morgan fingerprint density at radius 3 is 1.95 bits per heavy atom. The lowest BCUT2D eigenvalue weighted by molar-refractivity contribution is -0.138. The highest BCUT2D eigenvalue weighted by molar-refractivity contribution is 9.09.